The molecule has 3 heterocycles. The number of halogens is 1. The Hall–Kier alpha value is -3.03. The van der Waals surface area contributed by atoms with E-state index < -0.39 is 56.3 Å². The zero-order valence-electron chi connectivity index (χ0n) is 26.3. The summed E-state index contributed by atoms with van der Waals surface area (Å²) in [6.07, 6.45) is 9.09. The standard InChI is InChI=1S/C33H45FN4O7S/c1-2-24-18-33(24)30(40)36-46(42,43)32(14-15-32)13-8-6-4-3-5-7-9-16-44-22-38-20-25(17-28(38)29(39)35-33)45-31(41)37-19-23-11-10-12-27(34)26(23)21-37/h2,10-12,24-25,28H,1,3-9,13-22H2,(H,35,39)(H,36,40)/t24-,25-,28+,33-/m1/s1. The molecule has 5 aliphatic rings. The second-order valence-electron chi connectivity index (χ2n) is 13.6. The molecule has 4 fully saturated rings. The lowest BCUT2D eigenvalue weighted by Crippen LogP contribution is -2.57. The molecular weight excluding hydrogens is 615 g/mol. The molecule has 0 bridgehead atoms. The SMILES string of the molecule is C=C[C@@H]1C[C@@]12NC(=O)[C@@H]1C[C@@H](OC(=O)N3Cc4cccc(F)c4C3)CN1COCCCCCCCCCC1(CC1)S(=O)(=O)NC2=O. The van der Waals surface area contributed by atoms with Gasteiger partial charge < -0.3 is 14.8 Å². The third-order valence-electron chi connectivity index (χ3n) is 10.5. The lowest BCUT2D eigenvalue weighted by atomic mass is 10.1. The van der Waals surface area contributed by atoms with Crippen LogP contribution in [0.25, 0.3) is 0 Å². The minimum Gasteiger partial charge on any atom is -0.445 e. The highest BCUT2D eigenvalue weighted by molar-refractivity contribution is 7.91. The molecule has 0 radical (unpaired) electrons. The van der Waals surface area contributed by atoms with Crippen molar-refractivity contribution in [2.24, 2.45) is 5.92 Å². The van der Waals surface area contributed by atoms with E-state index in [0.717, 1.165) is 50.5 Å². The fourth-order valence-corrected chi connectivity index (χ4v) is 8.95. The molecule has 2 saturated carbocycles. The maximum Gasteiger partial charge on any atom is 0.410 e. The van der Waals surface area contributed by atoms with Crippen LogP contribution in [-0.4, -0.2) is 78.4 Å². The van der Waals surface area contributed by atoms with Crippen LogP contribution in [0.4, 0.5) is 9.18 Å². The van der Waals surface area contributed by atoms with E-state index in [9.17, 15) is 27.2 Å². The normalized spacial score (nSPS) is 31.8. The predicted molar refractivity (Wildman–Crippen MR) is 167 cm³/mol. The highest BCUT2D eigenvalue weighted by Gasteiger charge is 2.63. The quantitative estimate of drug-likeness (QED) is 0.457. The summed E-state index contributed by atoms with van der Waals surface area (Å²) in [6, 6.07) is 3.98. The highest BCUT2D eigenvalue weighted by atomic mass is 32.2. The number of hydrogen-bond acceptors (Lipinski definition) is 8. The summed E-state index contributed by atoms with van der Waals surface area (Å²) >= 11 is 0. The van der Waals surface area contributed by atoms with Crippen LogP contribution in [0.15, 0.2) is 30.9 Å². The van der Waals surface area contributed by atoms with Gasteiger partial charge in [-0.1, -0.05) is 56.7 Å². The zero-order valence-corrected chi connectivity index (χ0v) is 27.1. The molecule has 252 valence electrons. The van der Waals surface area contributed by atoms with Gasteiger partial charge >= 0.3 is 6.09 Å². The lowest BCUT2D eigenvalue weighted by Gasteiger charge is -2.27. The van der Waals surface area contributed by atoms with E-state index in [1.54, 1.807) is 23.1 Å². The van der Waals surface area contributed by atoms with Gasteiger partial charge in [-0.2, -0.15) is 0 Å². The highest BCUT2D eigenvalue weighted by Crippen LogP contribution is 2.49. The van der Waals surface area contributed by atoms with Crippen molar-refractivity contribution in [2.45, 2.75) is 113 Å². The van der Waals surface area contributed by atoms with Gasteiger partial charge in [0.2, 0.25) is 15.9 Å². The molecule has 6 rings (SSSR count). The maximum atomic E-state index is 14.3. The molecule has 2 N–H and O–H groups in total. The van der Waals surface area contributed by atoms with E-state index in [1.165, 1.54) is 11.0 Å². The van der Waals surface area contributed by atoms with Crippen LogP contribution in [0.1, 0.15) is 88.2 Å². The van der Waals surface area contributed by atoms with E-state index in [2.05, 4.69) is 16.6 Å². The van der Waals surface area contributed by atoms with Crippen molar-refractivity contribution in [1.82, 2.24) is 19.8 Å². The molecule has 46 heavy (non-hydrogen) atoms. The number of carbonyl (C=O) groups is 3. The molecule has 2 saturated heterocycles. The summed E-state index contributed by atoms with van der Waals surface area (Å²) < 4.78 is 54.3. The summed E-state index contributed by atoms with van der Waals surface area (Å²) in [5.74, 6) is -1.99. The van der Waals surface area contributed by atoms with E-state index in [0.29, 0.717) is 31.4 Å². The van der Waals surface area contributed by atoms with Crippen molar-refractivity contribution < 1.29 is 36.7 Å². The number of nitrogens with zero attached hydrogens (tertiary/aromatic N) is 2. The van der Waals surface area contributed by atoms with E-state index in [-0.39, 0.29) is 45.0 Å². The van der Waals surface area contributed by atoms with E-state index in [1.807, 2.05) is 0 Å². The third-order valence-corrected chi connectivity index (χ3v) is 12.7. The van der Waals surface area contributed by atoms with Gasteiger partial charge in [0.15, 0.2) is 0 Å². The van der Waals surface area contributed by atoms with Crippen LogP contribution in [0.3, 0.4) is 0 Å². The number of amides is 3. The summed E-state index contributed by atoms with van der Waals surface area (Å²) in [5, 5.41) is 2.87. The molecule has 1 aromatic rings. The van der Waals surface area contributed by atoms with Crippen molar-refractivity contribution in [3.05, 3.63) is 47.8 Å². The number of rotatable bonds is 2. The first-order valence-corrected chi connectivity index (χ1v) is 18.1. The maximum absolute atomic E-state index is 14.3. The Kier molecular flexibility index (Phi) is 9.46. The summed E-state index contributed by atoms with van der Waals surface area (Å²) in [4.78, 5) is 43.8. The smallest absolute Gasteiger partial charge is 0.410 e. The average molecular weight is 661 g/mol. The Labute approximate surface area is 270 Å². The van der Waals surface area contributed by atoms with Gasteiger partial charge in [0, 0.05) is 37.6 Å². The van der Waals surface area contributed by atoms with Crippen molar-refractivity contribution in [1.29, 1.82) is 0 Å². The average Bonchev–Trinajstić information content (AvgIpc) is 3.86. The monoisotopic (exact) mass is 660 g/mol. The van der Waals surface area contributed by atoms with Crippen LogP contribution in [0.2, 0.25) is 0 Å². The molecule has 2 aliphatic carbocycles. The Balaban J connectivity index is 1.16. The molecule has 4 atom stereocenters. The van der Waals surface area contributed by atoms with Gasteiger partial charge in [-0.15, -0.1) is 6.58 Å². The van der Waals surface area contributed by atoms with Crippen molar-refractivity contribution in [3.63, 3.8) is 0 Å². The minimum absolute atomic E-state index is 0.106. The van der Waals surface area contributed by atoms with E-state index >= 15 is 0 Å². The number of carbonyl (C=O) groups excluding carboxylic acids is 3. The van der Waals surface area contributed by atoms with Gasteiger partial charge in [0.05, 0.1) is 24.1 Å². The van der Waals surface area contributed by atoms with Crippen LogP contribution < -0.4 is 10.0 Å². The van der Waals surface area contributed by atoms with Gasteiger partial charge in [-0.3, -0.25) is 24.1 Å². The van der Waals surface area contributed by atoms with Crippen LogP contribution >= 0.6 is 0 Å². The molecule has 0 unspecified atom stereocenters. The molecule has 3 amide bonds. The zero-order chi connectivity index (χ0) is 32.5. The molecule has 11 nitrogen and oxygen atoms in total. The first-order chi connectivity index (χ1) is 22.1. The third kappa shape index (κ3) is 6.68. The number of hydrogen-bond donors (Lipinski definition) is 2. The number of ether oxygens (including phenoxy) is 2. The van der Waals surface area contributed by atoms with Crippen LogP contribution in [0, 0.1) is 11.7 Å². The van der Waals surface area contributed by atoms with E-state index in [4.69, 9.17) is 9.47 Å². The fraction of sp³-hybridized carbons (Fsp3) is 0.667. The Morgan fingerprint density at radius 2 is 1.80 bits per heavy atom. The van der Waals surface area contributed by atoms with Crippen LogP contribution in [0.5, 0.6) is 0 Å². The molecule has 13 heteroatoms. The largest absolute Gasteiger partial charge is 0.445 e. The molecule has 3 aliphatic heterocycles. The molecule has 2 spiro atoms. The van der Waals surface area contributed by atoms with Gasteiger partial charge in [-0.05, 0) is 43.7 Å². The second-order valence-corrected chi connectivity index (χ2v) is 15.7. The Morgan fingerprint density at radius 3 is 2.50 bits per heavy atom. The van der Waals surface area contributed by atoms with Gasteiger partial charge in [0.25, 0.3) is 5.91 Å². The minimum atomic E-state index is -3.94. The van der Waals surface area contributed by atoms with Crippen LogP contribution in [-0.2, 0) is 42.2 Å². The lowest BCUT2D eigenvalue weighted by molar-refractivity contribution is -0.133. The number of sulfonamides is 1. The molecular formula is C33H45FN4O7S. The number of nitrogens with one attached hydrogen (secondary N) is 2. The summed E-state index contributed by atoms with van der Waals surface area (Å²) in [5.41, 5.74) is -0.217. The van der Waals surface area contributed by atoms with Crippen molar-refractivity contribution in [2.75, 3.05) is 19.9 Å². The summed E-state index contributed by atoms with van der Waals surface area (Å²) in [6.45, 7) is 5.03. The van der Waals surface area contributed by atoms with Gasteiger partial charge in [-0.25, -0.2) is 17.6 Å². The number of benzene rings is 1. The predicted octanol–water partition coefficient (Wildman–Crippen LogP) is 3.87. The second kappa shape index (κ2) is 13.2. The van der Waals surface area contributed by atoms with Crippen molar-refractivity contribution >= 4 is 27.9 Å². The Bertz CT molecular complexity index is 1470. The fourth-order valence-electron chi connectivity index (χ4n) is 7.26. The molecule has 1 aromatic carbocycles. The summed E-state index contributed by atoms with van der Waals surface area (Å²) in [7, 11) is -3.94. The first kappa shape index (κ1) is 32.9. The first-order valence-electron chi connectivity index (χ1n) is 16.6. The Morgan fingerprint density at radius 1 is 1.07 bits per heavy atom. The number of fused-ring (bicyclic) bond motifs is 2. The van der Waals surface area contributed by atoms with Crippen molar-refractivity contribution in [3.8, 4) is 0 Å². The van der Waals surface area contributed by atoms with Gasteiger partial charge in [0.1, 0.15) is 17.5 Å². The topological polar surface area (TPSA) is 134 Å². The molecule has 0 aromatic heterocycles.